The Morgan fingerprint density at radius 3 is 2.62 bits per heavy atom. The lowest BCUT2D eigenvalue weighted by Crippen LogP contribution is -2.63. The second-order valence-electron chi connectivity index (χ2n) is 6.40. The fourth-order valence-electron chi connectivity index (χ4n) is 4.30. The Kier molecular flexibility index (Phi) is 3.58. The molecule has 1 spiro atoms. The molecule has 21 heavy (non-hydrogen) atoms. The summed E-state index contributed by atoms with van der Waals surface area (Å²) in [5.41, 5.74) is -1.23. The Hall–Kier alpha value is -0.980. The highest BCUT2D eigenvalue weighted by Crippen LogP contribution is 2.55. The maximum atomic E-state index is 12.8. The maximum Gasteiger partial charge on any atom is 0.319 e. The minimum absolute atomic E-state index is 0.0782. The van der Waals surface area contributed by atoms with Crippen LogP contribution in [0.1, 0.15) is 32.6 Å². The van der Waals surface area contributed by atoms with Crippen molar-refractivity contribution in [3.8, 4) is 0 Å². The number of hydrogen-bond donors (Lipinski definition) is 1. The van der Waals surface area contributed by atoms with Crippen LogP contribution in [0.15, 0.2) is 0 Å². The van der Waals surface area contributed by atoms with Crippen LogP contribution in [0.4, 0.5) is 0 Å². The minimum atomic E-state index is -1.23. The zero-order chi connectivity index (χ0) is 15.3. The van der Waals surface area contributed by atoms with Gasteiger partial charge in [0.1, 0.15) is 5.41 Å². The van der Waals surface area contributed by atoms with Gasteiger partial charge in [-0.25, -0.2) is 0 Å². The number of aliphatic hydroxyl groups excluding tert-OH is 1. The average molecular weight is 298 g/mol. The predicted octanol–water partition coefficient (Wildman–Crippen LogP) is 0.659. The number of fused-ring (bicyclic) bond motifs is 2. The number of methoxy groups -OCH3 is 1. The van der Waals surface area contributed by atoms with E-state index in [0.717, 1.165) is 6.42 Å². The fourth-order valence-corrected chi connectivity index (χ4v) is 4.30. The Labute approximate surface area is 123 Å². The van der Waals surface area contributed by atoms with Gasteiger partial charge in [-0.15, -0.1) is 0 Å². The number of carbonyl (C=O) groups excluding carboxylic acids is 2. The molecule has 1 aliphatic heterocycles. The number of ether oxygens (including phenoxy) is 3. The van der Waals surface area contributed by atoms with Gasteiger partial charge in [0.05, 0.1) is 32.3 Å². The van der Waals surface area contributed by atoms with Crippen molar-refractivity contribution in [2.24, 2.45) is 17.3 Å². The number of Topliss-reactive ketones (excluding diaryl/α,β-unsaturated/α-hetero) is 1. The molecule has 3 aliphatic rings. The van der Waals surface area contributed by atoms with Crippen LogP contribution in [0.25, 0.3) is 0 Å². The van der Waals surface area contributed by atoms with Crippen molar-refractivity contribution in [2.45, 2.75) is 44.5 Å². The number of rotatable bonds is 2. The molecule has 0 unspecified atom stereocenters. The van der Waals surface area contributed by atoms with Crippen LogP contribution in [0, 0.1) is 17.3 Å². The monoisotopic (exact) mass is 298 g/mol. The van der Waals surface area contributed by atoms with Crippen molar-refractivity contribution in [1.29, 1.82) is 0 Å². The molecule has 0 aromatic rings. The molecule has 3 fully saturated rings. The first-order valence-electron chi connectivity index (χ1n) is 7.57. The lowest BCUT2D eigenvalue weighted by molar-refractivity contribution is -0.235. The van der Waals surface area contributed by atoms with E-state index >= 15 is 0 Å². The fraction of sp³-hybridized carbons (Fsp3) is 0.867. The van der Waals surface area contributed by atoms with Crippen molar-refractivity contribution in [3.05, 3.63) is 0 Å². The largest absolute Gasteiger partial charge is 0.468 e. The van der Waals surface area contributed by atoms with Crippen molar-refractivity contribution in [2.75, 3.05) is 20.3 Å². The summed E-state index contributed by atoms with van der Waals surface area (Å²) in [7, 11) is 1.29. The summed E-state index contributed by atoms with van der Waals surface area (Å²) in [5, 5.41) is 10.5. The van der Waals surface area contributed by atoms with Gasteiger partial charge in [0.15, 0.2) is 11.6 Å². The molecule has 1 saturated heterocycles. The van der Waals surface area contributed by atoms with E-state index in [-0.39, 0.29) is 18.1 Å². The van der Waals surface area contributed by atoms with Gasteiger partial charge in [0, 0.05) is 12.8 Å². The summed E-state index contributed by atoms with van der Waals surface area (Å²) in [5.74, 6) is -2.36. The summed E-state index contributed by atoms with van der Waals surface area (Å²) in [6, 6.07) is 0. The van der Waals surface area contributed by atoms with Gasteiger partial charge in [-0.2, -0.15) is 0 Å². The Morgan fingerprint density at radius 2 is 2.05 bits per heavy atom. The van der Waals surface area contributed by atoms with Gasteiger partial charge in [-0.3, -0.25) is 9.59 Å². The van der Waals surface area contributed by atoms with E-state index in [4.69, 9.17) is 14.2 Å². The molecule has 2 aliphatic carbocycles. The van der Waals surface area contributed by atoms with Crippen molar-refractivity contribution < 1.29 is 28.9 Å². The summed E-state index contributed by atoms with van der Waals surface area (Å²) in [6.07, 6.45) is 0.803. The molecule has 4 atom stereocenters. The maximum absolute atomic E-state index is 12.8. The molecule has 2 bridgehead atoms. The van der Waals surface area contributed by atoms with Crippen LogP contribution in [-0.4, -0.2) is 49.1 Å². The van der Waals surface area contributed by atoms with E-state index in [0.29, 0.717) is 26.1 Å². The molecule has 0 radical (unpaired) electrons. The quantitative estimate of drug-likeness (QED) is 0.596. The van der Waals surface area contributed by atoms with E-state index in [1.165, 1.54) is 7.11 Å². The van der Waals surface area contributed by atoms with Crippen LogP contribution in [-0.2, 0) is 23.8 Å². The van der Waals surface area contributed by atoms with E-state index < -0.39 is 29.2 Å². The number of esters is 1. The SMILES string of the molecule is CC[C@@H]1C[C@@]2(C(=O)OC)CC3(C[C@H](C2=O)[C@@H]1O)OCCO3. The third-order valence-corrected chi connectivity index (χ3v) is 5.33. The normalized spacial score (nSPS) is 41.3. The molecule has 0 amide bonds. The standard InChI is InChI=1S/C15H22O6/c1-3-9-6-14(13(18)19-2)8-15(20-4-5-21-15)7-10(11(9)16)12(14)17/h9-11,16H,3-8H2,1-2H3/t9-,10+,11-,14-/m1/s1. The highest BCUT2D eigenvalue weighted by molar-refractivity contribution is 6.06. The average Bonchev–Trinajstić information content (AvgIpc) is 2.93. The number of aliphatic hydroxyl groups is 1. The van der Waals surface area contributed by atoms with Crippen LogP contribution in [0.3, 0.4) is 0 Å². The zero-order valence-electron chi connectivity index (χ0n) is 12.5. The lowest BCUT2D eigenvalue weighted by Gasteiger charge is -2.52. The Bertz CT molecular complexity index is 455. The third kappa shape index (κ3) is 2.04. The number of hydrogen-bond acceptors (Lipinski definition) is 6. The van der Waals surface area contributed by atoms with Crippen molar-refractivity contribution in [1.82, 2.24) is 0 Å². The van der Waals surface area contributed by atoms with Gasteiger partial charge in [0.2, 0.25) is 0 Å². The topological polar surface area (TPSA) is 82.1 Å². The lowest BCUT2D eigenvalue weighted by atomic mass is 9.55. The highest BCUT2D eigenvalue weighted by Gasteiger charge is 2.66. The van der Waals surface area contributed by atoms with Gasteiger partial charge in [-0.1, -0.05) is 13.3 Å². The van der Waals surface area contributed by atoms with Crippen LogP contribution < -0.4 is 0 Å². The zero-order valence-corrected chi connectivity index (χ0v) is 12.5. The molecule has 3 rings (SSSR count). The van der Waals surface area contributed by atoms with E-state index in [2.05, 4.69) is 0 Å². The second kappa shape index (κ2) is 5.04. The highest BCUT2D eigenvalue weighted by atomic mass is 16.7. The van der Waals surface area contributed by atoms with Crippen molar-refractivity contribution in [3.63, 3.8) is 0 Å². The first kappa shape index (κ1) is 14.9. The molecule has 2 saturated carbocycles. The van der Waals surface area contributed by atoms with Crippen LogP contribution in [0.5, 0.6) is 0 Å². The summed E-state index contributed by atoms with van der Waals surface area (Å²) < 4.78 is 16.3. The smallest absolute Gasteiger partial charge is 0.319 e. The molecule has 118 valence electrons. The molecule has 0 aromatic heterocycles. The van der Waals surface area contributed by atoms with Gasteiger partial charge < -0.3 is 19.3 Å². The van der Waals surface area contributed by atoms with E-state index in [9.17, 15) is 14.7 Å². The van der Waals surface area contributed by atoms with Gasteiger partial charge >= 0.3 is 5.97 Å². The van der Waals surface area contributed by atoms with E-state index in [1.807, 2.05) is 6.92 Å². The van der Waals surface area contributed by atoms with Crippen molar-refractivity contribution >= 4 is 11.8 Å². The molecule has 0 aromatic carbocycles. The molecular formula is C15H22O6. The number of carbonyl (C=O) groups is 2. The molecule has 1 heterocycles. The number of ketones is 1. The molecule has 6 heteroatoms. The van der Waals surface area contributed by atoms with Crippen LogP contribution in [0.2, 0.25) is 0 Å². The summed E-state index contributed by atoms with van der Waals surface area (Å²) >= 11 is 0. The predicted molar refractivity (Wildman–Crippen MR) is 71.2 cm³/mol. The van der Waals surface area contributed by atoms with Gasteiger partial charge in [0.25, 0.3) is 0 Å². The van der Waals surface area contributed by atoms with Gasteiger partial charge in [-0.05, 0) is 12.3 Å². The third-order valence-electron chi connectivity index (χ3n) is 5.33. The first-order chi connectivity index (χ1) is 9.98. The Balaban J connectivity index is 2.03. The Morgan fingerprint density at radius 1 is 1.38 bits per heavy atom. The first-order valence-corrected chi connectivity index (χ1v) is 7.57. The summed E-state index contributed by atoms with van der Waals surface area (Å²) in [4.78, 5) is 25.2. The molecule has 6 nitrogen and oxygen atoms in total. The second-order valence-corrected chi connectivity index (χ2v) is 6.40. The molecule has 1 N–H and O–H groups in total. The summed E-state index contributed by atoms with van der Waals surface area (Å²) in [6.45, 7) is 2.86. The minimum Gasteiger partial charge on any atom is -0.468 e. The molecular weight excluding hydrogens is 276 g/mol. The van der Waals surface area contributed by atoms with E-state index in [1.54, 1.807) is 0 Å². The van der Waals surface area contributed by atoms with Crippen LogP contribution >= 0.6 is 0 Å².